The number of fused-ring (bicyclic) bond motifs is 5. The van der Waals surface area contributed by atoms with E-state index >= 15 is 0 Å². The molecule has 8 nitrogen and oxygen atoms in total. The third kappa shape index (κ3) is 5.82. The van der Waals surface area contributed by atoms with Gasteiger partial charge in [0.05, 0.1) is 0 Å². The van der Waals surface area contributed by atoms with E-state index in [0.717, 1.165) is 44.9 Å². The molecule has 0 aliphatic heterocycles. The molecule has 0 aromatic heterocycles. The van der Waals surface area contributed by atoms with E-state index in [1.165, 1.54) is 0 Å². The number of nitrogens with one attached hydrogen (secondary N) is 1. The third-order valence-electron chi connectivity index (χ3n) is 11.3. The normalized spacial score (nSPS) is 45.3. The summed E-state index contributed by atoms with van der Waals surface area (Å²) in [7, 11) is -4.10. The van der Waals surface area contributed by atoms with E-state index in [-0.39, 0.29) is 70.2 Å². The first-order chi connectivity index (χ1) is 17.2. The van der Waals surface area contributed by atoms with Crippen molar-refractivity contribution in [2.45, 2.75) is 102 Å². The molecule has 0 bridgehead atoms. The van der Waals surface area contributed by atoms with Crippen LogP contribution in [-0.4, -0.2) is 80.8 Å². The molecule has 10 heteroatoms. The molecule has 37 heavy (non-hydrogen) atoms. The zero-order valence-electron chi connectivity index (χ0n) is 22.4. The maximum absolute atomic E-state index is 12.3. The van der Waals surface area contributed by atoms with Gasteiger partial charge in [-0.1, -0.05) is 0 Å². The summed E-state index contributed by atoms with van der Waals surface area (Å²) in [6, 6.07) is 0. The average Bonchev–Trinajstić information content (AvgIpc) is 3.13. The Hall–Kier alpha value is -0.221. The van der Waals surface area contributed by atoms with Gasteiger partial charge in [0.15, 0.2) is 0 Å². The van der Waals surface area contributed by atoms with Crippen LogP contribution in [0.1, 0.15) is 78.6 Å². The SMILES string of the molecule is C[C@H](CC([75Se])CC(=O)NCCS(=O)(=O)O)[C@H]1CCC2C3C(C[C@H](O)[C@@]21C)[C@@]1(C)CC[C@@H](O)C[C@H]1C[C@H]3O. The van der Waals surface area contributed by atoms with Gasteiger partial charge in [-0.3, -0.25) is 0 Å². The van der Waals surface area contributed by atoms with Crippen molar-refractivity contribution in [3.63, 3.8) is 0 Å². The molecule has 12 atom stereocenters. The number of aliphatic hydroxyl groups is 3. The van der Waals surface area contributed by atoms with Crippen LogP contribution >= 0.6 is 0 Å². The quantitative estimate of drug-likeness (QED) is 0.212. The summed E-state index contributed by atoms with van der Waals surface area (Å²) in [6.45, 7) is 6.66. The Morgan fingerprint density at radius 3 is 2.46 bits per heavy atom. The molecular formula is C27H46NO7SSe. The van der Waals surface area contributed by atoms with Gasteiger partial charge in [0.2, 0.25) is 0 Å². The van der Waals surface area contributed by atoms with Crippen molar-refractivity contribution < 1.29 is 33.1 Å². The van der Waals surface area contributed by atoms with Crippen molar-refractivity contribution in [3.05, 3.63) is 0 Å². The second kappa shape index (κ2) is 11.0. The Kier molecular flexibility index (Phi) is 8.83. The van der Waals surface area contributed by atoms with Crippen LogP contribution in [0.25, 0.3) is 0 Å². The molecule has 1 radical (unpaired) electrons. The van der Waals surface area contributed by atoms with Crippen LogP contribution in [0, 0.1) is 46.3 Å². The zero-order valence-corrected chi connectivity index (χ0v) is 24.9. The van der Waals surface area contributed by atoms with Crippen LogP contribution in [0.3, 0.4) is 0 Å². The molecule has 4 unspecified atom stereocenters. The first kappa shape index (κ1) is 29.8. The Labute approximate surface area is 230 Å². The predicted octanol–water partition coefficient (Wildman–Crippen LogP) is 2.33. The summed E-state index contributed by atoms with van der Waals surface area (Å²) >= 11 is 3.11. The van der Waals surface area contributed by atoms with Gasteiger partial charge in [0.25, 0.3) is 0 Å². The van der Waals surface area contributed by atoms with Gasteiger partial charge >= 0.3 is 226 Å². The fourth-order valence-electron chi connectivity index (χ4n) is 9.39. The van der Waals surface area contributed by atoms with Gasteiger partial charge in [-0.05, 0) is 0 Å². The van der Waals surface area contributed by atoms with E-state index in [1.807, 2.05) is 0 Å². The van der Waals surface area contributed by atoms with Crippen LogP contribution in [0.4, 0.5) is 0 Å². The Morgan fingerprint density at radius 1 is 1.08 bits per heavy atom. The molecule has 0 saturated heterocycles. The van der Waals surface area contributed by atoms with Crippen LogP contribution < -0.4 is 5.32 Å². The van der Waals surface area contributed by atoms with E-state index < -0.39 is 28.1 Å². The molecule has 0 heterocycles. The molecule has 213 valence electrons. The number of carbonyl (C=O) groups is 1. The van der Waals surface area contributed by atoms with Gasteiger partial charge in [-0.2, -0.15) is 0 Å². The zero-order chi connectivity index (χ0) is 27.3. The predicted molar refractivity (Wildman–Crippen MR) is 141 cm³/mol. The van der Waals surface area contributed by atoms with Gasteiger partial charge in [0.1, 0.15) is 0 Å². The van der Waals surface area contributed by atoms with Gasteiger partial charge in [-0.15, -0.1) is 0 Å². The fraction of sp³-hybridized carbons (Fsp3) is 0.963. The van der Waals surface area contributed by atoms with Crippen LogP contribution in [-0.2, 0) is 14.9 Å². The number of hydrogen-bond acceptors (Lipinski definition) is 6. The maximum atomic E-state index is 12.3. The summed E-state index contributed by atoms with van der Waals surface area (Å²) in [5, 5.41) is 36.0. The third-order valence-corrected chi connectivity index (χ3v) is 12.7. The Balaban J connectivity index is 1.42. The number of hydrogen-bond donors (Lipinski definition) is 5. The van der Waals surface area contributed by atoms with E-state index in [2.05, 4.69) is 42.1 Å². The molecule has 5 N–H and O–H groups in total. The molecule has 1 amide bonds. The molecule has 0 spiro atoms. The molecule has 0 aromatic rings. The monoisotopic (exact) mass is 603 g/mol. The van der Waals surface area contributed by atoms with Crippen molar-refractivity contribution in [1.29, 1.82) is 0 Å². The number of amides is 1. The summed E-state index contributed by atoms with van der Waals surface area (Å²) in [5.74, 6) is 0.832. The van der Waals surface area contributed by atoms with Gasteiger partial charge in [0, 0.05) is 0 Å². The number of rotatable bonds is 8. The number of carbonyl (C=O) groups excluding carboxylic acids is 1. The second-order valence-corrected chi connectivity index (χ2v) is 16.2. The van der Waals surface area contributed by atoms with Gasteiger partial charge in [-0.25, -0.2) is 0 Å². The molecule has 4 aliphatic rings. The van der Waals surface area contributed by atoms with Crippen molar-refractivity contribution in [3.8, 4) is 0 Å². The van der Waals surface area contributed by atoms with E-state index in [1.54, 1.807) is 0 Å². The summed E-state index contributed by atoms with van der Waals surface area (Å²) in [4.78, 5) is 12.2. The summed E-state index contributed by atoms with van der Waals surface area (Å²) in [5.41, 5.74) is -0.224. The minimum atomic E-state index is -4.10. The molecule has 4 fully saturated rings. The Morgan fingerprint density at radius 2 is 1.78 bits per heavy atom. The van der Waals surface area contributed by atoms with Crippen LogP contribution in [0.15, 0.2) is 0 Å². The Bertz CT molecular complexity index is 949. The first-order valence-corrected chi connectivity index (χ1v) is 16.7. The van der Waals surface area contributed by atoms with E-state index in [9.17, 15) is 28.5 Å². The minimum absolute atomic E-state index is 0.0227. The summed E-state index contributed by atoms with van der Waals surface area (Å²) in [6.07, 6.45) is 5.89. The first-order valence-electron chi connectivity index (χ1n) is 14.1. The number of aliphatic hydroxyl groups excluding tert-OH is 3. The molecular weight excluding hydrogens is 557 g/mol. The van der Waals surface area contributed by atoms with Crippen molar-refractivity contribution in [2.24, 2.45) is 46.3 Å². The molecule has 4 rings (SSSR count). The molecule has 0 aromatic carbocycles. The standard InChI is InChI=1S/C27H46NO7SSe/c1-15(10-18(37)13-24(32)28-8-9-36(33,34)35)19-4-5-20-25-21(14-23(31)27(19,20)3)26(2)7-6-17(29)11-16(26)12-22(25)30/h15-23,25,29-31H,4-14H2,1-3H3,(H,28,32)(H,33,34,35)/t15-,16+,17-,18?,19-,20?,21?,22-,23+,25?,26+,27-/m1/s1/i37-4. The molecule has 4 aliphatic carbocycles. The van der Waals surface area contributed by atoms with Crippen molar-refractivity contribution in [1.82, 2.24) is 5.32 Å². The van der Waals surface area contributed by atoms with Gasteiger partial charge < -0.3 is 5.11 Å². The topological polar surface area (TPSA) is 144 Å². The second-order valence-electron chi connectivity index (χ2n) is 13.2. The van der Waals surface area contributed by atoms with E-state index in [0.29, 0.717) is 12.3 Å². The van der Waals surface area contributed by atoms with Crippen molar-refractivity contribution >= 4 is 32.0 Å². The average molecular weight is 604 g/mol. The van der Waals surface area contributed by atoms with Crippen LogP contribution in [0.5, 0.6) is 0 Å². The van der Waals surface area contributed by atoms with E-state index in [4.69, 9.17) is 4.55 Å². The fourth-order valence-corrected chi connectivity index (χ4v) is 10.7. The molecule has 4 saturated carbocycles. The summed E-state index contributed by atoms with van der Waals surface area (Å²) < 4.78 is 30.6. The van der Waals surface area contributed by atoms with Crippen LogP contribution in [0.2, 0.25) is 4.82 Å². The van der Waals surface area contributed by atoms with Crippen molar-refractivity contribution in [2.75, 3.05) is 12.3 Å².